The van der Waals surface area contributed by atoms with Crippen molar-refractivity contribution in [2.75, 3.05) is 26.2 Å². The van der Waals surface area contributed by atoms with E-state index >= 15 is 0 Å². The van der Waals surface area contributed by atoms with Crippen molar-refractivity contribution in [3.8, 4) is 0 Å². The third kappa shape index (κ3) is 2.76. The second kappa shape index (κ2) is 4.73. The quantitative estimate of drug-likeness (QED) is 0.793. The first-order valence-corrected chi connectivity index (χ1v) is 5.44. The SMILES string of the molecule is Cc1cc(CN2CCNCC2)ccc1F. The molecule has 1 fully saturated rings. The molecule has 0 radical (unpaired) electrons. The molecule has 1 saturated heterocycles. The van der Waals surface area contributed by atoms with Crippen molar-refractivity contribution in [3.63, 3.8) is 0 Å². The molecule has 0 amide bonds. The van der Waals surface area contributed by atoms with Gasteiger partial charge in [-0.25, -0.2) is 4.39 Å². The predicted octanol–water partition coefficient (Wildman–Crippen LogP) is 1.54. The Morgan fingerprint density at radius 2 is 2.07 bits per heavy atom. The molecule has 0 unspecified atom stereocenters. The smallest absolute Gasteiger partial charge is 0.126 e. The lowest BCUT2D eigenvalue weighted by atomic mass is 10.1. The highest BCUT2D eigenvalue weighted by Gasteiger charge is 2.10. The fourth-order valence-electron chi connectivity index (χ4n) is 1.93. The molecule has 1 aromatic carbocycles. The van der Waals surface area contributed by atoms with Gasteiger partial charge in [-0.3, -0.25) is 4.90 Å². The van der Waals surface area contributed by atoms with Crippen LogP contribution in [0.15, 0.2) is 18.2 Å². The van der Waals surface area contributed by atoms with E-state index in [1.54, 1.807) is 6.07 Å². The summed E-state index contributed by atoms with van der Waals surface area (Å²) in [5, 5.41) is 3.32. The van der Waals surface area contributed by atoms with Crippen LogP contribution in [0.3, 0.4) is 0 Å². The van der Waals surface area contributed by atoms with E-state index in [0.29, 0.717) is 0 Å². The molecule has 15 heavy (non-hydrogen) atoms. The number of nitrogens with one attached hydrogen (secondary N) is 1. The Morgan fingerprint density at radius 3 is 2.73 bits per heavy atom. The highest BCUT2D eigenvalue weighted by Crippen LogP contribution is 2.11. The Bertz CT molecular complexity index is 332. The normalized spacial score (nSPS) is 18.0. The molecular weight excluding hydrogens is 191 g/mol. The Hall–Kier alpha value is -0.930. The lowest BCUT2D eigenvalue weighted by Crippen LogP contribution is -2.42. The minimum Gasteiger partial charge on any atom is -0.314 e. The molecule has 0 bridgehead atoms. The lowest BCUT2D eigenvalue weighted by molar-refractivity contribution is 0.233. The van der Waals surface area contributed by atoms with Crippen molar-refractivity contribution in [2.24, 2.45) is 0 Å². The molecule has 1 aliphatic heterocycles. The summed E-state index contributed by atoms with van der Waals surface area (Å²) in [6.07, 6.45) is 0. The summed E-state index contributed by atoms with van der Waals surface area (Å²) < 4.78 is 13.1. The van der Waals surface area contributed by atoms with Crippen LogP contribution < -0.4 is 5.32 Å². The zero-order valence-corrected chi connectivity index (χ0v) is 9.09. The van der Waals surface area contributed by atoms with Crippen molar-refractivity contribution in [2.45, 2.75) is 13.5 Å². The summed E-state index contributed by atoms with van der Waals surface area (Å²) in [5.41, 5.74) is 1.94. The number of nitrogens with zero attached hydrogens (tertiary/aromatic N) is 1. The highest BCUT2D eigenvalue weighted by atomic mass is 19.1. The molecule has 2 rings (SSSR count). The van der Waals surface area contributed by atoms with Crippen LogP contribution in [0.1, 0.15) is 11.1 Å². The molecule has 0 spiro atoms. The summed E-state index contributed by atoms with van der Waals surface area (Å²) >= 11 is 0. The standard InChI is InChI=1S/C12H17FN2/c1-10-8-11(2-3-12(10)13)9-15-6-4-14-5-7-15/h2-3,8,14H,4-7,9H2,1H3. The fourth-order valence-corrected chi connectivity index (χ4v) is 1.93. The Labute approximate surface area is 90.1 Å². The number of benzene rings is 1. The molecular formula is C12H17FN2. The van der Waals surface area contributed by atoms with Crippen molar-refractivity contribution in [1.82, 2.24) is 10.2 Å². The van der Waals surface area contributed by atoms with Gasteiger partial charge in [-0.1, -0.05) is 12.1 Å². The third-order valence-corrected chi connectivity index (χ3v) is 2.84. The molecule has 0 saturated carbocycles. The van der Waals surface area contributed by atoms with E-state index in [1.165, 1.54) is 5.56 Å². The summed E-state index contributed by atoms with van der Waals surface area (Å²) in [6.45, 7) is 7.02. The number of hydrogen-bond donors (Lipinski definition) is 1. The zero-order valence-electron chi connectivity index (χ0n) is 9.09. The number of aryl methyl sites for hydroxylation is 1. The summed E-state index contributed by atoms with van der Waals surface area (Å²) in [7, 11) is 0. The van der Waals surface area contributed by atoms with Crippen LogP contribution >= 0.6 is 0 Å². The van der Waals surface area contributed by atoms with Crippen LogP contribution in [0.25, 0.3) is 0 Å². The van der Waals surface area contributed by atoms with Crippen molar-refractivity contribution >= 4 is 0 Å². The van der Waals surface area contributed by atoms with Gasteiger partial charge in [-0.15, -0.1) is 0 Å². The van der Waals surface area contributed by atoms with Gasteiger partial charge in [-0.05, 0) is 24.1 Å². The Morgan fingerprint density at radius 1 is 1.33 bits per heavy atom. The number of rotatable bonds is 2. The van der Waals surface area contributed by atoms with E-state index in [4.69, 9.17) is 0 Å². The van der Waals surface area contributed by atoms with Gasteiger partial charge in [0.2, 0.25) is 0 Å². The van der Waals surface area contributed by atoms with Crippen LogP contribution in [0, 0.1) is 12.7 Å². The van der Waals surface area contributed by atoms with Crippen molar-refractivity contribution in [3.05, 3.63) is 35.1 Å². The minimum atomic E-state index is -0.112. The maximum absolute atomic E-state index is 13.1. The maximum Gasteiger partial charge on any atom is 0.126 e. The summed E-state index contributed by atoms with van der Waals surface area (Å²) in [5.74, 6) is -0.112. The topological polar surface area (TPSA) is 15.3 Å². The van der Waals surface area contributed by atoms with E-state index < -0.39 is 0 Å². The molecule has 1 aliphatic rings. The molecule has 1 aromatic rings. The van der Waals surface area contributed by atoms with Gasteiger partial charge in [0, 0.05) is 32.7 Å². The maximum atomic E-state index is 13.1. The summed E-state index contributed by atoms with van der Waals surface area (Å²) in [6, 6.07) is 5.38. The Balaban J connectivity index is 2.00. The monoisotopic (exact) mass is 208 g/mol. The van der Waals surface area contributed by atoms with Crippen molar-refractivity contribution in [1.29, 1.82) is 0 Å². The van der Waals surface area contributed by atoms with Crippen LogP contribution in [0.2, 0.25) is 0 Å². The van der Waals surface area contributed by atoms with Crippen molar-refractivity contribution < 1.29 is 4.39 Å². The van der Waals surface area contributed by atoms with Crippen LogP contribution in [0.4, 0.5) is 4.39 Å². The van der Waals surface area contributed by atoms with Gasteiger partial charge in [0.1, 0.15) is 5.82 Å². The first-order valence-electron chi connectivity index (χ1n) is 5.44. The highest BCUT2D eigenvalue weighted by molar-refractivity contribution is 5.23. The molecule has 1 N–H and O–H groups in total. The summed E-state index contributed by atoms with van der Waals surface area (Å²) in [4.78, 5) is 2.39. The largest absolute Gasteiger partial charge is 0.314 e. The van der Waals surface area contributed by atoms with Crippen LogP contribution in [-0.4, -0.2) is 31.1 Å². The molecule has 2 nitrogen and oxygen atoms in total. The first-order chi connectivity index (χ1) is 7.25. The van der Waals surface area contributed by atoms with Gasteiger partial charge in [0.05, 0.1) is 0 Å². The van der Waals surface area contributed by atoms with Gasteiger partial charge >= 0.3 is 0 Å². The van der Waals surface area contributed by atoms with E-state index in [1.807, 2.05) is 19.1 Å². The fraction of sp³-hybridized carbons (Fsp3) is 0.500. The number of piperazine rings is 1. The molecule has 0 atom stereocenters. The van der Waals surface area contributed by atoms with E-state index in [2.05, 4.69) is 10.2 Å². The van der Waals surface area contributed by atoms with Gasteiger partial charge in [0.15, 0.2) is 0 Å². The van der Waals surface area contributed by atoms with Crippen LogP contribution in [0.5, 0.6) is 0 Å². The van der Waals surface area contributed by atoms with Gasteiger partial charge in [0.25, 0.3) is 0 Å². The average molecular weight is 208 g/mol. The molecule has 1 heterocycles. The van der Waals surface area contributed by atoms with Gasteiger partial charge in [-0.2, -0.15) is 0 Å². The predicted molar refractivity (Wildman–Crippen MR) is 59.3 cm³/mol. The van der Waals surface area contributed by atoms with Crippen LogP contribution in [-0.2, 0) is 6.54 Å². The average Bonchev–Trinajstić information content (AvgIpc) is 2.25. The molecule has 0 aliphatic carbocycles. The number of halogens is 1. The third-order valence-electron chi connectivity index (χ3n) is 2.84. The Kier molecular flexibility index (Phi) is 3.34. The molecule has 3 heteroatoms. The minimum absolute atomic E-state index is 0.112. The van der Waals surface area contributed by atoms with E-state index in [0.717, 1.165) is 38.3 Å². The van der Waals surface area contributed by atoms with E-state index in [-0.39, 0.29) is 5.82 Å². The number of hydrogen-bond acceptors (Lipinski definition) is 2. The zero-order chi connectivity index (χ0) is 10.7. The molecule has 0 aromatic heterocycles. The van der Waals surface area contributed by atoms with E-state index in [9.17, 15) is 4.39 Å². The first kappa shape index (κ1) is 10.6. The second-order valence-corrected chi connectivity index (χ2v) is 4.11. The lowest BCUT2D eigenvalue weighted by Gasteiger charge is -2.27. The molecule has 82 valence electrons. The van der Waals surface area contributed by atoms with Gasteiger partial charge < -0.3 is 5.32 Å². The second-order valence-electron chi connectivity index (χ2n) is 4.11.